The van der Waals surface area contributed by atoms with Crippen molar-refractivity contribution in [3.63, 3.8) is 0 Å². The van der Waals surface area contributed by atoms with E-state index in [1.807, 2.05) is 31.2 Å². The summed E-state index contributed by atoms with van der Waals surface area (Å²) in [5.74, 6) is -0.316. The summed E-state index contributed by atoms with van der Waals surface area (Å²) in [6, 6.07) is 11.2. The smallest absolute Gasteiger partial charge is 0.319 e. The lowest BCUT2D eigenvalue weighted by atomic mass is 10.2. The van der Waals surface area contributed by atoms with Crippen LogP contribution >= 0.6 is 35.0 Å². The number of carbonyl (C=O) groups is 1. The van der Waals surface area contributed by atoms with Crippen LogP contribution in [-0.4, -0.2) is 16.2 Å². The Morgan fingerprint density at radius 3 is 2.59 bits per heavy atom. The van der Waals surface area contributed by atoms with Gasteiger partial charge in [-0.1, -0.05) is 40.9 Å². The van der Waals surface area contributed by atoms with E-state index < -0.39 is 0 Å². The molecule has 0 saturated carbocycles. The molecule has 6 heteroatoms. The number of halogens is 2. The predicted octanol–water partition coefficient (Wildman–Crippen LogP) is 4.92. The van der Waals surface area contributed by atoms with Gasteiger partial charge < -0.3 is 4.74 Å². The molecule has 2 aromatic rings. The Morgan fingerprint density at radius 1 is 1.23 bits per heavy atom. The zero-order valence-corrected chi connectivity index (χ0v) is 14.5. The summed E-state index contributed by atoms with van der Waals surface area (Å²) in [6.07, 6.45) is 0. The lowest BCUT2D eigenvalue weighted by molar-refractivity contribution is -0.144. The summed E-state index contributed by atoms with van der Waals surface area (Å²) < 4.78 is 5.26. The van der Waals surface area contributed by atoms with Crippen molar-refractivity contribution in [2.24, 2.45) is 0 Å². The zero-order chi connectivity index (χ0) is 16.1. The van der Waals surface area contributed by atoms with Crippen LogP contribution in [-0.2, 0) is 16.1 Å². The molecular weight excluding hydrogens is 341 g/mol. The number of hydrogen-bond acceptors (Lipinski definition) is 4. The highest BCUT2D eigenvalue weighted by molar-refractivity contribution is 8.00. The van der Waals surface area contributed by atoms with Gasteiger partial charge in [0.25, 0.3) is 0 Å². The largest absolute Gasteiger partial charge is 0.458 e. The quantitative estimate of drug-likeness (QED) is 0.433. The number of carbonyl (C=O) groups excluding carboxylic acids is 1. The van der Waals surface area contributed by atoms with Crippen molar-refractivity contribution in [2.75, 3.05) is 0 Å². The van der Waals surface area contributed by atoms with E-state index in [9.17, 15) is 4.79 Å². The van der Waals surface area contributed by atoms with Crippen LogP contribution in [0.1, 0.15) is 18.2 Å². The van der Waals surface area contributed by atoms with E-state index in [4.69, 9.17) is 27.9 Å². The molecule has 0 saturated heterocycles. The minimum absolute atomic E-state index is 0.0109. The van der Waals surface area contributed by atoms with E-state index >= 15 is 0 Å². The Morgan fingerprint density at radius 2 is 1.91 bits per heavy atom. The molecule has 0 aliphatic carbocycles. The van der Waals surface area contributed by atoms with Gasteiger partial charge in [-0.15, -0.1) is 11.8 Å². The fourth-order valence-electron chi connectivity index (χ4n) is 1.68. The minimum atomic E-state index is -0.319. The third kappa shape index (κ3) is 4.90. The lowest BCUT2D eigenvalue weighted by Crippen LogP contribution is -2.17. The second-order valence-electron chi connectivity index (χ2n) is 4.74. The number of ether oxygens (including phenoxy) is 1. The first kappa shape index (κ1) is 17.1. The molecule has 0 bridgehead atoms. The highest BCUT2D eigenvalue weighted by atomic mass is 35.5. The number of thioether (sulfide) groups is 1. The van der Waals surface area contributed by atoms with Gasteiger partial charge in [-0.25, -0.2) is 4.98 Å². The standard InChI is InChI=1S/C16H15Cl2NO2S/c1-10-3-5-12(6-4-10)22-11(2)16(20)21-9-14-13(17)7-8-15(18)19-14/h3-8,11H,9H2,1-2H3. The fourth-order valence-corrected chi connectivity index (χ4v) is 2.88. The average Bonchev–Trinajstić information content (AvgIpc) is 2.50. The van der Waals surface area contributed by atoms with Crippen molar-refractivity contribution in [1.82, 2.24) is 4.98 Å². The van der Waals surface area contributed by atoms with Crippen LogP contribution in [0.2, 0.25) is 10.2 Å². The van der Waals surface area contributed by atoms with E-state index in [-0.39, 0.29) is 17.8 Å². The molecule has 3 nitrogen and oxygen atoms in total. The molecule has 1 heterocycles. The highest BCUT2D eigenvalue weighted by Gasteiger charge is 2.17. The molecule has 1 aromatic heterocycles. The van der Waals surface area contributed by atoms with Gasteiger partial charge in [0.15, 0.2) is 0 Å². The van der Waals surface area contributed by atoms with Crippen molar-refractivity contribution < 1.29 is 9.53 Å². The van der Waals surface area contributed by atoms with Crippen molar-refractivity contribution >= 4 is 40.9 Å². The molecule has 2 rings (SSSR count). The van der Waals surface area contributed by atoms with E-state index in [1.54, 1.807) is 19.1 Å². The van der Waals surface area contributed by atoms with Gasteiger partial charge in [-0.2, -0.15) is 0 Å². The van der Waals surface area contributed by atoms with Crippen LogP contribution in [0.3, 0.4) is 0 Å². The van der Waals surface area contributed by atoms with Gasteiger partial charge >= 0.3 is 5.97 Å². The van der Waals surface area contributed by atoms with Crippen molar-refractivity contribution in [1.29, 1.82) is 0 Å². The molecule has 22 heavy (non-hydrogen) atoms. The lowest BCUT2D eigenvalue weighted by Gasteiger charge is -2.12. The molecule has 116 valence electrons. The Balaban J connectivity index is 1.91. The monoisotopic (exact) mass is 355 g/mol. The summed E-state index contributed by atoms with van der Waals surface area (Å²) in [5, 5.41) is 0.425. The van der Waals surface area contributed by atoms with E-state index in [0.717, 1.165) is 4.90 Å². The number of pyridine rings is 1. The number of rotatable bonds is 5. The van der Waals surface area contributed by atoms with Gasteiger partial charge in [0.1, 0.15) is 17.0 Å². The number of nitrogens with zero attached hydrogens (tertiary/aromatic N) is 1. The molecule has 0 aliphatic heterocycles. The molecule has 1 aromatic carbocycles. The first-order valence-corrected chi connectivity index (χ1v) is 8.30. The second-order valence-corrected chi connectivity index (χ2v) is 6.95. The molecule has 1 unspecified atom stereocenters. The summed E-state index contributed by atoms with van der Waals surface area (Å²) in [5.41, 5.74) is 1.64. The normalized spacial score (nSPS) is 12.0. The molecule has 0 spiro atoms. The van der Waals surface area contributed by atoms with Crippen molar-refractivity contribution in [2.45, 2.75) is 30.6 Å². The summed E-state index contributed by atoms with van der Waals surface area (Å²) >= 11 is 13.2. The predicted molar refractivity (Wildman–Crippen MR) is 90.6 cm³/mol. The fraction of sp³-hybridized carbons (Fsp3) is 0.250. The van der Waals surface area contributed by atoms with Crippen LogP contribution in [0, 0.1) is 6.92 Å². The van der Waals surface area contributed by atoms with Crippen LogP contribution in [0.15, 0.2) is 41.3 Å². The molecule has 0 fully saturated rings. The van der Waals surface area contributed by atoms with Gasteiger partial charge in [-0.3, -0.25) is 4.79 Å². The number of aromatic nitrogens is 1. The van der Waals surface area contributed by atoms with Crippen LogP contribution in [0.5, 0.6) is 0 Å². The van der Waals surface area contributed by atoms with Gasteiger partial charge in [0.05, 0.1) is 10.7 Å². The first-order valence-electron chi connectivity index (χ1n) is 6.66. The van der Waals surface area contributed by atoms with Crippen LogP contribution in [0.4, 0.5) is 0 Å². The third-order valence-corrected chi connectivity index (χ3v) is 4.55. The van der Waals surface area contributed by atoms with Crippen molar-refractivity contribution in [3.8, 4) is 0 Å². The number of hydrogen-bond donors (Lipinski definition) is 0. The number of esters is 1. The summed E-state index contributed by atoms with van der Waals surface area (Å²) in [7, 11) is 0. The Labute approximate surface area is 144 Å². The molecular formula is C16H15Cl2NO2S. The Hall–Kier alpha value is -1.23. The Kier molecular flexibility index (Phi) is 6.12. The maximum atomic E-state index is 12.0. The molecule has 0 N–H and O–H groups in total. The number of benzene rings is 1. The van der Waals surface area contributed by atoms with Crippen LogP contribution in [0.25, 0.3) is 0 Å². The molecule has 0 amide bonds. The van der Waals surface area contributed by atoms with Gasteiger partial charge in [0.2, 0.25) is 0 Å². The van der Waals surface area contributed by atoms with E-state index in [2.05, 4.69) is 4.98 Å². The number of aryl methyl sites for hydroxylation is 1. The van der Waals surface area contributed by atoms with Crippen LogP contribution < -0.4 is 0 Å². The maximum Gasteiger partial charge on any atom is 0.319 e. The van der Waals surface area contributed by atoms with E-state index in [0.29, 0.717) is 15.9 Å². The summed E-state index contributed by atoms with van der Waals surface area (Å²) in [6.45, 7) is 3.84. The Bertz CT molecular complexity index is 662. The third-order valence-electron chi connectivity index (χ3n) is 2.90. The van der Waals surface area contributed by atoms with Crippen molar-refractivity contribution in [3.05, 3.63) is 57.8 Å². The topological polar surface area (TPSA) is 39.2 Å². The van der Waals surface area contributed by atoms with E-state index in [1.165, 1.54) is 17.3 Å². The van der Waals surface area contributed by atoms with Gasteiger partial charge in [0, 0.05) is 4.90 Å². The van der Waals surface area contributed by atoms with Gasteiger partial charge in [-0.05, 0) is 38.1 Å². The molecule has 0 aliphatic rings. The molecule has 0 radical (unpaired) electrons. The zero-order valence-electron chi connectivity index (χ0n) is 12.2. The second kappa shape index (κ2) is 7.86. The summed E-state index contributed by atoms with van der Waals surface area (Å²) in [4.78, 5) is 17.1. The SMILES string of the molecule is Cc1ccc(SC(C)C(=O)OCc2nc(Cl)ccc2Cl)cc1. The average molecular weight is 356 g/mol. The highest BCUT2D eigenvalue weighted by Crippen LogP contribution is 2.25. The first-order chi connectivity index (χ1) is 10.5. The minimum Gasteiger partial charge on any atom is -0.458 e. The maximum absolute atomic E-state index is 12.0. The molecule has 1 atom stereocenters.